The molecule has 2 nitrogen and oxygen atoms in total. The Bertz CT molecular complexity index is 1020. The van der Waals surface area contributed by atoms with Crippen LogP contribution in [-0.2, 0) is 0 Å². The van der Waals surface area contributed by atoms with E-state index >= 15 is 0 Å². The molecule has 3 heteroatoms. The lowest BCUT2D eigenvalue weighted by molar-refractivity contribution is 0.481. The Morgan fingerprint density at radius 2 is 1.69 bits per heavy atom. The lowest BCUT2D eigenvalue weighted by Gasteiger charge is -2.16. The standard InChI is InChI=1S/C23H20ClNO/c1-2-19(21-15-25-23-20(21)12-7-13-22(23)24)16-8-6-11-18(14-16)26-17-9-4-3-5-10-17/h3-15,19,25H,2H2,1H3. The van der Waals surface area contributed by atoms with Crippen LogP contribution in [0.25, 0.3) is 10.9 Å². The van der Waals surface area contributed by atoms with Crippen LogP contribution in [0.3, 0.4) is 0 Å². The first-order valence-corrected chi connectivity index (χ1v) is 9.22. The number of rotatable bonds is 5. The summed E-state index contributed by atoms with van der Waals surface area (Å²) in [7, 11) is 0. The highest BCUT2D eigenvalue weighted by Crippen LogP contribution is 2.36. The maximum atomic E-state index is 6.33. The van der Waals surface area contributed by atoms with Gasteiger partial charge in [0.05, 0.1) is 10.5 Å². The van der Waals surface area contributed by atoms with Crippen LogP contribution in [0, 0.1) is 0 Å². The van der Waals surface area contributed by atoms with Crippen LogP contribution in [0.15, 0.2) is 79.0 Å². The van der Waals surface area contributed by atoms with Gasteiger partial charge in [0.1, 0.15) is 11.5 Å². The lowest BCUT2D eigenvalue weighted by Crippen LogP contribution is -1.99. The summed E-state index contributed by atoms with van der Waals surface area (Å²) in [6.45, 7) is 2.21. The largest absolute Gasteiger partial charge is 0.457 e. The van der Waals surface area contributed by atoms with Crippen LogP contribution in [0.1, 0.15) is 30.4 Å². The van der Waals surface area contributed by atoms with Crippen molar-refractivity contribution in [2.45, 2.75) is 19.3 Å². The number of fused-ring (bicyclic) bond motifs is 1. The van der Waals surface area contributed by atoms with Crippen molar-refractivity contribution >= 4 is 22.5 Å². The second kappa shape index (κ2) is 7.27. The molecule has 0 saturated carbocycles. The van der Waals surface area contributed by atoms with Crippen molar-refractivity contribution in [2.75, 3.05) is 0 Å². The van der Waals surface area contributed by atoms with Gasteiger partial charge in [-0.2, -0.15) is 0 Å². The molecule has 1 N–H and O–H groups in total. The van der Waals surface area contributed by atoms with E-state index < -0.39 is 0 Å². The predicted octanol–water partition coefficient (Wildman–Crippen LogP) is 7.16. The first-order chi connectivity index (χ1) is 12.8. The minimum Gasteiger partial charge on any atom is -0.457 e. The first kappa shape index (κ1) is 16.7. The van der Waals surface area contributed by atoms with Gasteiger partial charge >= 0.3 is 0 Å². The number of aromatic nitrogens is 1. The van der Waals surface area contributed by atoms with E-state index in [0.29, 0.717) is 0 Å². The molecule has 1 atom stereocenters. The van der Waals surface area contributed by atoms with Crippen molar-refractivity contribution in [1.29, 1.82) is 0 Å². The number of hydrogen-bond donors (Lipinski definition) is 1. The van der Waals surface area contributed by atoms with E-state index in [9.17, 15) is 0 Å². The van der Waals surface area contributed by atoms with Crippen molar-refractivity contribution in [2.24, 2.45) is 0 Å². The molecule has 26 heavy (non-hydrogen) atoms. The zero-order valence-corrected chi connectivity index (χ0v) is 15.3. The summed E-state index contributed by atoms with van der Waals surface area (Å²) in [5.74, 6) is 1.98. The van der Waals surface area contributed by atoms with Crippen molar-refractivity contribution < 1.29 is 4.74 Å². The van der Waals surface area contributed by atoms with Crippen molar-refractivity contribution in [3.8, 4) is 11.5 Å². The van der Waals surface area contributed by atoms with E-state index in [0.717, 1.165) is 28.5 Å². The Labute approximate surface area is 158 Å². The third-order valence-corrected chi connectivity index (χ3v) is 5.03. The molecule has 3 aromatic carbocycles. The Morgan fingerprint density at radius 3 is 2.50 bits per heavy atom. The third kappa shape index (κ3) is 3.21. The van der Waals surface area contributed by atoms with Crippen LogP contribution >= 0.6 is 11.6 Å². The Morgan fingerprint density at radius 1 is 0.923 bits per heavy atom. The zero-order valence-electron chi connectivity index (χ0n) is 14.6. The minimum atomic E-state index is 0.279. The molecule has 4 rings (SSSR count). The van der Waals surface area contributed by atoms with Gasteiger partial charge in [-0.15, -0.1) is 0 Å². The van der Waals surface area contributed by atoms with Gasteiger partial charge in [0.2, 0.25) is 0 Å². The minimum absolute atomic E-state index is 0.279. The molecule has 0 spiro atoms. The average Bonchev–Trinajstić information content (AvgIpc) is 3.09. The van der Waals surface area contributed by atoms with E-state index in [4.69, 9.17) is 16.3 Å². The third-order valence-electron chi connectivity index (χ3n) is 4.72. The quantitative estimate of drug-likeness (QED) is 0.401. The highest BCUT2D eigenvalue weighted by Gasteiger charge is 2.18. The van der Waals surface area contributed by atoms with Gasteiger partial charge in [0, 0.05) is 17.5 Å². The molecule has 0 aliphatic rings. The molecule has 1 aromatic heterocycles. The molecule has 0 aliphatic heterocycles. The smallest absolute Gasteiger partial charge is 0.127 e. The van der Waals surface area contributed by atoms with Crippen LogP contribution in [0.2, 0.25) is 5.02 Å². The van der Waals surface area contributed by atoms with Crippen molar-refractivity contribution in [3.05, 3.63) is 95.1 Å². The van der Waals surface area contributed by atoms with E-state index in [2.05, 4.69) is 42.4 Å². The summed E-state index contributed by atoms with van der Waals surface area (Å²) >= 11 is 6.33. The molecule has 1 unspecified atom stereocenters. The second-order valence-electron chi connectivity index (χ2n) is 6.35. The Hall–Kier alpha value is -2.71. The van der Waals surface area contributed by atoms with Gasteiger partial charge < -0.3 is 9.72 Å². The van der Waals surface area contributed by atoms with Crippen molar-refractivity contribution in [3.63, 3.8) is 0 Å². The number of hydrogen-bond acceptors (Lipinski definition) is 1. The predicted molar refractivity (Wildman–Crippen MR) is 108 cm³/mol. The fraction of sp³-hybridized carbons (Fsp3) is 0.130. The molecule has 4 aromatic rings. The fourth-order valence-corrected chi connectivity index (χ4v) is 3.71. The van der Waals surface area contributed by atoms with Crippen LogP contribution in [0.5, 0.6) is 11.5 Å². The van der Waals surface area contributed by atoms with Crippen LogP contribution in [-0.4, -0.2) is 4.98 Å². The van der Waals surface area contributed by atoms with Gasteiger partial charge in [-0.3, -0.25) is 0 Å². The SMILES string of the molecule is CCC(c1cccc(Oc2ccccc2)c1)c1c[nH]c2c(Cl)cccc12. The molecule has 0 fully saturated rings. The fourth-order valence-electron chi connectivity index (χ4n) is 3.48. The zero-order chi connectivity index (χ0) is 17.9. The number of nitrogens with one attached hydrogen (secondary N) is 1. The molecular weight excluding hydrogens is 342 g/mol. The first-order valence-electron chi connectivity index (χ1n) is 8.84. The monoisotopic (exact) mass is 361 g/mol. The Kier molecular flexibility index (Phi) is 4.68. The normalized spacial score (nSPS) is 12.2. The summed E-state index contributed by atoms with van der Waals surface area (Å²) in [4.78, 5) is 3.33. The molecule has 0 bridgehead atoms. The van der Waals surface area contributed by atoms with Gasteiger partial charge in [-0.1, -0.05) is 61.0 Å². The maximum Gasteiger partial charge on any atom is 0.127 e. The molecule has 0 saturated heterocycles. The molecule has 0 amide bonds. The number of aromatic amines is 1. The Balaban J connectivity index is 1.70. The summed E-state index contributed by atoms with van der Waals surface area (Å²) in [5.41, 5.74) is 3.50. The summed E-state index contributed by atoms with van der Waals surface area (Å²) in [5, 5.41) is 1.93. The van der Waals surface area contributed by atoms with Crippen LogP contribution in [0.4, 0.5) is 0 Å². The van der Waals surface area contributed by atoms with Crippen molar-refractivity contribution in [1.82, 2.24) is 4.98 Å². The molecular formula is C23H20ClNO. The van der Waals surface area contributed by atoms with E-state index in [1.807, 2.05) is 48.5 Å². The summed E-state index contributed by atoms with van der Waals surface area (Å²) in [6.07, 6.45) is 3.07. The van der Waals surface area contributed by atoms with E-state index in [-0.39, 0.29) is 5.92 Å². The van der Waals surface area contributed by atoms with Gasteiger partial charge in [0.15, 0.2) is 0 Å². The summed E-state index contributed by atoms with van der Waals surface area (Å²) in [6, 6.07) is 24.2. The number of ether oxygens (including phenoxy) is 1. The number of benzene rings is 3. The second-order valence-corrected chi connectivity index (χ2v) is 6.76. The van der Waals surface area contributed by atoms with Gasteiger partial charge in [0.25, 0.3) is 0 Å². The lowest BCUT2D eigenvalue weighted by atomic mass is 9.89. The molecule has 0 radical (unpaired) electrons. The molecule has 0 aliphatic carbocycles. The molecule has 1 heterocycles. The molecule has 130 valence electrons. The van der Waals surface area contributed by atoms with E-state index in [1.165, 1.54) is 16.5 Å². The highest BCUT2D eigenvalue weighted by atomic mass is 35.5. The average molecular weight is 362 g/mol. The summed E-state index contributed by atoms with van der Waals surface area (Å²) < 4.78 is 6.01. The van der Waals surface area contributed by atoms with Crippen LogP contribution < -0.4 is 4.74 Å². The number of para-hydroxylation sites is 2. The topological polar surface area (TPSA) is 25.0 Å². The highest BCUT2D eigenvalue weighted by molar-refractivity contribution is 6.35. The van der Waals surface area contributed by atoms with Gasteiger partial charge in [-0.25, -0.2) is 0 Å². The number of halogens is 1. The van der Waals surface area contributed by atoms with Gasteiger partial charge in [-0.05, 0) is 47.9 Å². The number of H-pyrrole nitrogens is 1. The van der Waals surface area contributed by atoms with E-state index in [1.54, 1.807) is 0 Å². The maximum absolute atomic E-state index is 6.33.